The standard InChI is InChI=1S/C40H32N2O/c1-3-13-32-27(9-1)11-7-12-30(32)26-43-39-24-21-28-10-2-4-14-33(28)37(39)25-41-31-22-19-29(20-23-31)40-36-17-8-16-34(36)35-15-5-6-18-38(35)42-40/h1-16,18-25,34,36,40,42H,17,26H2/t34-,36+,40-/m1/s1. The first-order chi connectivity index (χ1) is 21.3. The van der Waals surface area contributed by atoms with Crippen LogP contribution in [0.2, 0.25) is 0 Å². The maximum atomic E-state index is 6.49. The van der Waals surface area contributed by atoms with Crippen LogP contribution in [0.4, 0.5) is 11.4 Å². The highest BCUT2D eigenvalue weighted by Crippen LogP contribution is 2.49. The van der Waals surface area contributed by atoms with E-state index in [9.17, 15) is 0 Å². The number of benzene rings is 6. The van der Waals surface area contributed by atoms with Gasteiger partial charge in [-0.3, -0.25) is 4.99 Å². The van der Waals surface area contributed by atoms with Gasteiger partial charge < -0.3 is 10.1 Å². The smallest absolute Gasteiger partial charge is 0.129 e. The van der Waals surface area contributed by atoms with Crippen molar-refractivity contribution in [3.05, 3.63) is 162 Å². The third-order valence-corrected chi connectivity index (χ3v) is 9.06. The molecule has 0 bridgehead atoms. The summed E-state index contributed by atoms with van der Waals surface area (Å²) in [5.41, 5.74) is 7.04. The van der Waals surface area contributed by atoms with Crippen molar-refractivity contribution in [1.29, 1.82) is 0 Å². The van der Waals surface area contributed by atoms with E-state index in [1.807, 2.05) is 6.21 Å². The van der Waals surface area contributed by atoms with Gasteiger partial charge in [-0.1, -0.05) is 115 Å². The number of hydrogen-bond donors (Lipinski definition) is 1. The molecule has 0 saturated heterocycles. The first kappa shape index (κ1) is 25.6. The van der Waals surface area contributed by atoms with Crippen molar-refractivity contribution < 1.29 is 4.74 Å². The molecule has 1 N–H and O–H groups in total. The number of rotatable bonds is 6. The highest BCUT2D eigenvalue weighted by molar-refractivity contribution is 6.03. The van der Waals surface area contributed by atoms with Gasteiger partial charge in [0, 0.05) is 23.4 Å². The van der Waals surface area contributed by atoms with Crippen molar-refractivity contribution in [3.8, 4) is 5.75 Å². The molecule has 3 heteroatoms. The summed E-state index contributed by atoms with van der Waals surface area (Å²) in [6.07, 6.45) is 7.79. The van der Waals surface area contributed by atoms with E-state index in [4.69, 9.17) is 9.73 Å². The summed E-state index contributed by atoms with van der Waals surface area (Å²) in [7, 11) is 0. The summed E-state index contributed by atoms with van der Waals surface area (Å²) in [5, 5.41) is 8.57. The molecule has 3 atom stereocenters. The summed E-state index contributed by atoms with van der Waals surface area (Å²) >= 11 is 0. The van der Waals surface area contributed by atoms with E-state index >= 15 is 0 Å². The lowest BCUT2D eigenvalue weighted by molar-refractivity contribution is 0.307. The molecule has 0 aromatic heterocycles. The van der Waals surface area contributed by atoms with Crippen LogP contribution >= 0.6 is 0 Å². The predicted octanol–water partition coefficient (Wildman–Crippen LogP) is 10.1. The van der Waals surface area contributed by atoms with Gasteiger partial charge >= 0.3 is 0 Å². The minimum absolute atomic E-state index is 0.278. The van der Waals surface area contributed by atoms with Crippen molar-refractivity contribution >= 4 is 39.1 Å². The number of para-hydroxylation sites is 1. The molecule has 0 amide bonds. The molecule has 0 fully saturated rings. The molecule has 0 spiro atoms. The molecule has 1 aliphatic carbocycles. The maximum absolute atomic E-state index is 6.49. The van der Waals surface area contributed by atoms with E-state index in [0.29, 0.717) is 18.4 Å². The molecule has 6 aromatic rings. The van der Waals surface area contributed by atoms with Gasteiger partial charge in [0.1, 0.15) is 12.4 Å². The number of hydrogen-bond acceptors (Lipinski definition) is 3. The zero-order chi connectivity index (χ0) is 28.6. The minimum Gasteiger partial charge on any atom is -0.488 e. The quantitative estimate of drug-likeness (QED) is 0.164. The first-order valence-corrected chi connectivity index (χ1v) is 15.1. The fraction of sp³-hybridized carbons (Fsp3) is 0.125. The predicted molar refractivity (Wildman–Crippen MR) is 179 cm³/mol. The molecule has 0 unspecified atom stereocenters. The average molecular weight is 557 g/mol. The molecule has 3 nitrogen and oxygen atoms in total. The molecule has 2 aliphatic rings. The van der Waals surface area contributed by atoms with E-state index in [1.54, 1.807) is 0 Å². The van der Waals surface area contributed by atoms with Crippen molar-refractivity contribution in [2.45, 2.75) is 25.0 Å². The zero-order valence-corrected chi connectivity index (χ0v) is 23.9. The van der Waals surface area contributed by atoms with Gasteiger partial charge in [0.25, 0.3) is 0 Å². The van der Waals surface area contributed by atoms with Crippen molar-refractivity contribution in [1.82, 2.24) is 0 Å². The number of fused-ring (bicyclic) bond motifs is 5. The van der Waals surface area contributed by atoms with Crippen molar-refractivity contribution in [2.75, 3.05) is 5.32 Å². The molecule has 1 aliphatic heterocycles. The van der Waals surface area contributed by atoms with Crippen molar-refractivity contribution in [2.24, 2.45) is 10.9 Å². The monoisotopic (exact) mass is 556 g/mol. The van der Waals surface area contributed by atoms with Gasteiger partial charge in [0.05, 0.1) is 11.7 Å². The van der Waals surface area contributed by atoms with Crippen LogP contribution < -0.4 is 10.1 Å². The Kier molecular flexibility index (Phi) is 6.49. The lowest BCUT2D eigenvalue weighted by Crippen LogP contribution is -2.28. The minimum atomic E-state index is 0.278. The Labute approximate surface area is 252 Å². The Hall–Kier alpha value is -5.15. The largest absolute Gasteiger partial charge is 0.488 e. The number of allylic oxidation sites excluding steroid dienone is 2. The zero-order valence-electron chi connectivity index (χ0n) is 23.9. The van der Waals surface area contributed by atoms with Crippen LogP contribution in [0.25, 0.3) is 21.5 Å². The van der Waals surface area contributed by atoms with E-state index < -0.39 is 0 Å². The molecule has 6 aromatic carbocycles. The molecular formula is C40H32N2O. The molecule has 43 heavy (non-hydrogen) atoms. The highest BCUT2D eigenvalue weighted by atomic mass is 16.5. The fourth-order valence-electron chi connectivity index (χ4n) is 6.89. The lowest BCUT2D eigenvalue weighted by Gasteiger charge is -2.37. The number of nitrogens with one attached hydrogen (secondary N) is 1. The van der Waals surface area contributed by atoms with Gasteiger partial charge in [0.15, 0.2) is 0 Å². The Balaban J connectivity index is 1.07. The summed E-state index contributed by atoms with van der Waals surface area (Å²) in [4.78, 5) is 4.94. The van der Waals surface area contributed by atoms with Gasteiger partial charge in [-0.2, -0.15) is 0 Å². The van der Waals surface area contributed by atoms with E-state index in [1.165, 1.54) is 38.5 Å². The second kappa shape index (κ2) is 10.9. The van der Waals surface area contributed by atoms with Crippen LogP contribution in [0.3, 0.4) is 0 Å². The molecule has 0 saturated carbocycles. The Morgan fingerprint density at radius 3 is 2.35 bits per heavy atom. The Bertz CT molecular complexity index is 2000. The third-order valence-electron chi connectivity index (χ3n) is 9.06. The van der Waals surface area contributed by atoms with Crippen molar-refractivity contribution in [3.63, 3.8) is 0 Å². The summed E-state index contributed by atoms with van der Waals surface area (Å²) in [6, 6.07) is 45.2. The number of anilines is 1. The molecule has 1 heterocycles. The number of ether oxygens (including phenoxy) is 1. The molecule has 208 valence electrons. The third kappa shape index (κ3) is 4.77. The van der Waals surface area contributed by atoms with Gasteiger partial charge in [-0.05, 0) is 74.8 Å². The van der Waals surface area contributed by atoms with Crippen LogP contribution in [0.15, 0.2) is 145 Å². The number of aliphatic imine (C=N–C) groups is 1. The van der Waals surface area contributed by atoms with Crippen LogP contribution in [-0.4, -0.2) is 6.21 Å². The van der Waals surface area contributed by atoms with Crippen LogP contribution in [-0.2, 0) is 6.61 Å². The molecule has 8 rings (SSSR count). The molecule has 0 radical (unpaired) electrons. The number of nitrogens with zero attached hydrogens (tertiary/aromatic N) is 1. The summed E-state index contributed by atoms with van der Waals surface area (Å²) in [5.74, 6) is 1.83. The normalized spacial score (nSPS) is 18.9. The fourth-order valence-corrected chi connectivity index (χ4v) is 6.89. The summed E-state index contributed by atoms with van der Waals surface area (Å²) in [6.45, 7) is 0.490. The molecular weight excluding hydrogens is 524 g/mol. The van der Waals surface area contributed by atoms with Gasteiger partial charge in [-0.25, -0.2) is 0 Å². The second-order valence-corrected chi connectivity index (χ2v) is 11.5. The average Bonchev–Trinajstić information content (AvgIpc) is 3.57. The second-order valence-electron chi connectivity index (χ2n) is 11.5. The Morgan fingerprint density at radius 1 is 0.721 bits per heavy atom. The SMILES string of the molecule is C1=C[C@@H]2c3ccccc3N[C@H](c3ccc(N=Cc4c(OCc5cccc6ccccc56)ccc5ccccc45)cc3)[C@H]2C1. The Morgan fingerprint density at radius 2 is 1.47 bits per heavy atom. The maximum Gasteiger partial charge on any atom is 0.129 e. The van der Waals surface area contributed by atoms with E-state index in [2.05, 4.69) is 145 Å². The van der Waals surface area contributed by atoms with E-state index in [-0.39, 0.29) is 6.04 Å². The first-order valence-electron chi connectivity index (χ1n) is 15.1. The summed E-state index contributed by atoms with van der Waals surface area (Å²) < 4.78 is 6.49. The van der Waals surface area contributed by atoms with Gasteiger partial charge in [-0.15, -0.1) is 0 Å². The highest BCUT2D eigenvalue weighted by Gasteiger charge is 2.37. The lowest BCUT2D eigenvalue weighted by atomic mass is 9.77. The van der Waals surface area contributed by atoms with Crippen LogP contribution in [0, 0.1) is 5.92 Å². The van der Waals surface area contributed by atoms with Gasteiger partial charge in [0.2, 0.25) is 0 Å². The topological polar surface area (TPSA) is 33.6 Å². The van der Waals surface area contributed by atoms with Crippen LogP contribution in [0.1, 0.15) is 40.6 Å². The van der Waals surface area contributed by atoms with E-state index in [0.717, 1.165) is 28.8 Å². The van der Waals surface area contributed by atoms with Crippen LogP contribution in [0.5, 0.6) is 5.75 Å².